The standard InChI is InChI=1S/C11H11Cl2N5OS/c1-6(20-11-17-15-5-18(11)14)10(19)16-9-7(12)3-2-4-8(9)13/h2-6H,14H2,1H3,(H,16,19)/t6-/m0/s1. The Kier molecular flexibility index (Phi) is 4.74. The van der Waals surface area contributed by atoms with Crippen LogP contribution in [-0.2, 0) is 4.79 Å². The number of thioether (sulfide) groups is 1. The molecule has 1 atom stereocenters. The summed E-state index contributed by atoms with van der Waals surface area (Å²) in [7, 11) is 0. The van der Waals surface area contributed by atoms with Crippen molar-refractivity contribution in [2.24, 2.45) is 0 Å². The Bertz CT molecular complexity index is 613. The van der Waals surface area contributed by atoms with Gasteiger partial charge in [-0.3, -0.25) is 4.79 Å². The van der Waals surface area contributed by atoms with Crippen LogP contribution in [0.25, 0.3) is 0 Å². The van der Waals surface area contributed by atoms with Crippen LogP contribution >= 0.6 is 35.0 Å². The van der Waals surface area contributed by atoms with Gasteiger partial charge in [0.1, 0.15) is 6.33 Å². The first-order valence-corrected chi connectivity index (χ1v) is 7.19. The molecule has 1 aromatic heterocycles. The summed E-state index contributed by atoms with van der Waals surface area (Å²) in [4.78, 5) is 12.1. The number of carbonyl (C=O) groups is 1. The van der Waals surface area contributed by atoms with Gasteiger partial charge in [-0.2, -0.15) is 0 Å². The SMILES string of the molecule is C[C@H](Sc1nncn1N)C(=O)Nc1c(Cl)cccc1Cl. The zero-order chi connectivity index (χ0) is 14.7. The van der Waals surface area contributed by atoms with E-state index in [4.69, 9.17) is 29.0 Å². The summed E-state index contributed by atoms with van der Waals surface area (Å²) in [6, 6.07) is 5.00. The fraction of sp³-hybridized carbons (Fsp3) is 0.182. The minimum absolute atomic E-state index is 0.256. The van der Waals surface area contributed by atoms with Gasteiger partial charge in [0.2, 0.25) is 11.1 Å². The van der Waals surface area contributed by atoms with Crippen LogP contribution in [-0.4, -0.2) is 26.0 Å². The molecule has 0 radical (unpaired) electrons. The lowest BCUT2D eigenvalue weighted by Gasteiger charge is -2.13. The Hall–Kier alpha value is -1.44. The third kappa shape index (κ3) is 3.36. The molecule has 2 rings (SSSR count). The minimum atomic E-state index is -0.436. The van der Waals surface area contributed by atoms with Gasteiger partial charge in [0, 0.05) is 0 Å². The first-order chi connectivity index (χ1) is 9.49. The van der Waals surface area contributed by atoms with Crippen LogP contribution in [0.1, 0.15) is 6.92 Å². The van der Waals surface area contributed by atoms with Gasteiger partial charge in [0.15, 0.2) is 0 Å². The molecule has 3 N–H and O–H groups in total. The number of amides is 1. The molecule has 20 heavy (non-hydrogen) atoms. The molecular weight excluding hydrogens is 321 g/mol. The number of benzene rings is 1. The van der Waals surface area contributed by atoms with Crippen molar-refractivity contribution in [1.29, 1.82) is 0 Å². The molecular formula is C11H11Cl2N5OS. The zero-order valence-electron chi connectivity index (χ0n) is 10.4. The predicted molar refractivity (Wildman–Crippen MR) is 80.6 cm³/mol. The first kappa shape index (κ1) is 15.0. The monoisotopic (exact) mass is 331 g/mol. The van der Waals surface area contributed by atoms with Crippen molar-refractivity contribution >= 4 is 46.6 Å². The maximum absolute atomic E-state index is 12.1. The highest BCUT2D eigenvalue weighted by Crippen LogP contribution is 2.31. The Morgan fingerprint density at radius 2 is 2.10 bits per heavy atom. The molecule has 2 aromatic rings. The molecule has 0 aliphatic carbocycles. The molecule has 0 aliphatic heterocycles. The minimum Gasteiger partial charge on any atom is -0.336 e. The second-order valence-corrected chi connectivity index (χ2v) is 5.99. The third-order valence-electron chi connectivity index (χ3n) is 2.40. The molecule has 0 bridgehead atoms. The second-order valence-electron chi connectivity index (χ2n) is 3.87. The molecule has 6 nitrogen and oxygen atoms in total. The van der Waals surface area contributed by atoms with Crippen LogP contribution in [0.5, 0.6) is 0 Å². The van der Waals surface area contributed by atoms with E-state index in [9.17, 15) is 4.79 Å². The van der Waals surface area contributed by atoms with Gasteiger partial charge >= 0.3 is 0 Å². The largest absolute Gasteiger partial charge is 0.336 e. The number of para-hydroxylation sites is 1. The van der Waals surface area contributed by atoms with Crippen molar-refractivity contribution in [3.05, 3.63) is 34.6 Å². The highest BCUT2D eigenvalue weighted by atomic mass is 35.5. The number of halogens is 2. The van der Waals surface area contributed by atoms with Crippen molar-refractivity contribution in [2.75, 3.05) is 11.2 Å². The number of anilines is 1. The Labute approximate surface area is 129 Å². The quantitative estimate of drug-likeness (QED) is 0.663. The average Bonchev–Trinajstić information content (AvgIpc) is 2.79. The van der Waals surface area contributed by atoms with Crippen LogP contribution in [0, 0.1) is 0 Å². The molecule has 0 spiro atoms. The summed E-state index contributed by atoms with van der Waals surface area (Å²) >= 11 is 13.2. The number of nitrogens with one attached hydrogen (secondary N) is 1. The lowest BCUT2D eigenvalue weighted by molar-refractivity contribution is -0.115. The van der Waals surface area contributed by atoms with Gasteiger partial charge < -0.3 is 11.2 Å². The average molecular weight is 332 g/mol. The van der Waals surface area contributed by atoms with E-state index < -0.39 is 5.25 Å². The molecule has 0 aliphatic rings. The van der Waals surface area contributed by atoms with Gasteiger partial charge in [0.25, 0.3) is 0 Å². The number of rotatable bonds is 4. The van der Waals surface area contributed by atoms with Gasteiger partial charge in [-0.15, -0.1) is 10.2 Å². The number of nitrogens with zero attached hydrogens (tertiary/aromatic N) is 3. The number of hydrogen-bond donors (Lipinski definition) is 2. The van der Waals surface area contributed by atoms with E-state index >= 15 is 0 Å². The molecule has 0 unspecified atom stereocenters. The van der Waals surface area contributed by atoms with Crippen LogP contribution in [0.4, 0.5) is 5.69 Å². The summed E-state index contributed by atoms with van der Waals surface area (Å²) in [6.07, 6.45) is 1.36. The number of carbonyl (C=O) groups excluding carboxylic acids is 1. The highest BCUT2D eigenvalue weighted by molar-refractivity contribution is 8.00. The fourth-order valence-electron chi connectivity index (χ4n) is 1.37. The van der Waals surface area contributed by atoms with Crippen LogP contribution in [0.3, 0.4) is 0 Å². The summed E-state index contributed by atoms with van der Waals surface area (Å²) in [6.45, 7) is 1.72. The van der Waals surface area contributed by atoms with Gasteiger partial charge in [0.05, 0.1) is 21.0 Å². The van der Waals surface area contributed by atoms with E-state index in [1.54, 1.807) is 25.1 Å². The maximum Gasteiger partial charge on any atom is 0.237 e. The Morgan fingerprint density at radius 1 is 1.45 bits per heavy atom. The van der Waals surface area contributed by atoms with E-state index in [2.05, 4.69) is 15.5 Å². The van der Waals surface area contributed by atoms with E-state index in [1.165, 1.54) is 22.8 Å². The Balaban J connectivity index is 2.06. The second kappa shape index (κ2) is 6.34. The predicted octanol–water partition coefficient (Wildman–Crippen LogP) is 2.42. The van der Waals surface area contributed by atoms with Crippen molar-refractivity contribution in [2.45, 2.75) is 17.3 Å². The van der Waals surface area contributed by atoms with E-state index in [1.807, 2.05) is 0 Å². The number of nitrogen functional groups attached to an aromatic ring is 1. The lowest BCUT2D eigenvalue weighted by atomic mass is 10.3. The van der Waals surface area contributed by atoms with Gasteiger partial charge in [-0.05, 0) is 19.1 Å². The van der Waals surface area contributed by atoms with Crippen molar-refractivity contribution in [3.63, 3.8) is 0 Å². The summed E-state index contributed by atoms with van der Waals surface area (Å²) in [5.41, 5.74) is 0.391. The molecule has 1 heterocycles. The fourth-order valence-corrected chi connectivity index (χ4v) is 2.61. The number of nitrogens with two attached hydrogens (primary N) is 1. The zero-order valence-corrected chi connectivity index (χ0v) is 12.7. The summed E-state index contributed by atoms with van der Waals surface area (Å²) in [5, 5.41) is 10.9. The number of aromatic nitrogens is 3. The summed E-state index contributed by atoms with van der Waals surface area (Å²) < 4.78 is 1.25. The molecule has 0 saturated carbocycles. The summed E-state index contributed by atoms with van der Waals surface area (Å²) in [5.74, 6) is 5.33. The van der Waals surface area contributed by atoms with Crippen LogP contribution in [0.2, 0.25) is 10.0 Å². The molecule has 0 saturated heterocycles. The molecule has 9 heteroatoms. The number of hydrogen-bond acceptors (Lipinski definition) is 5. The third-order valence-corrected chi connectivity index (χ3v) is 4.10. The van der Waals surface area contributed by atoms with Crippen molar-refractivity contribution in [3.8, 4) is 0 Å². The van der Waals surface area contributed by atoms with Crippen LogP contribution < -0.4 is 11.2 Å². The first-order valence-electron chi connectivity index (χ1n) is 5.55. The smallest absolute Gasteiger partial charge is 0.237 e. The van der Waals surface area contributed by atoms with Gasteiger partial charge in [-0.1, -0.05) is 41.0 Å². The molecule has 1 amide bonds. The van der Waals surface area contributed by atoms with Crippen molar-refractivity contribution < 1.29 is 4.79 Å². The van der Waals surface area contributed by atoms with E-state index in [-0.39, 0.29) is 5.91 Å². The molecule has 0 fully saturated rings. The molecule has 106 valence electrons. The van der Waals surface area contributed by atoms with E-state index in [0.717, 1.165) is 0 Å². The normalized spacial score (nSPS) is 12.2. The maximum atomic E-state index is 12.1. The van der Waals surface area contributed by atoms with Crippen molar-refractivity contribution in [1.82, 2.24) is 14.9 Å². The van der Waals surface area contributed by atoms with E-state index in [0.29, 0.717) is 20.9 Å². The Morgan fingerprint density at radius 3 is 2.65 bits per heavy atom. The lowest BCUT2D eigenvalue weighted by Crippen LogP contribution is -2.23. The molecule has 1 aromatic carbocycles. The topological polar surface area (TPSA) is 85.8 Å². The highest BCUT2D eigenvalue weighted by Gasteiger charge is 2.19. The van der Waals surface area contributed by atoms with Gasteiger partial charge in [-0.25, -0.2) is 4.68 Å². The van der Waals surface area contributed by atoms with Crippen LogP contribution in [0.15, 0.2) is 29.7 Å².